The van der Waals surface area contributed by atoms with E-state index in [-0.39, 0.29) is 16.7 Å². The van der Waals surface area contributed by atoms with Crippen molar-refractivity contribution in [1.82, 2.24) is 15.1 Å². The molecule has 2 N–H and O–H groups in total. The molecule has 2 aliphatic rings. The Hall–Kier alpha value is -2.91. The Balaban J connectivity index is 1.33. The molecule has 1 aliphatic heterocycles. The smallest absolute Gasteiger partial charge is 0.261 e. The molecule has 32 heavy (non-hydrogen) atoms. The first-order valence-corrected chi connectivity index (χ1v) is 12.3. The van der Waals surface area contributed by atoms with E-state index in [9.17, 15) is 18.0 Å². The maximum atomic E-state index is 12.8. The topological polar surface area (TPSA) is 98.8 Å². The molecule has 9 heteroatoms. The van der Waals surface area contributed by atoms with Crippen LogP contribution in [0.2, 0.25) is 0 Å². The SMILES string of the molecule is Cc1ccccc1NS(=O)(=O)c1ccc(C(=O)N2CCN(CC(=O)NC3CC3)CC2)cc1. The van der Waals surface area contributed by atoms with Crippen molar-refractivity contribution in [2.24, 2.45) is 0 Å². The van der Waals surface area contributed by atoms with Gasteiger partial charge in [-0.1, -0.05) is 18.2 Å². The zero-order valence-corrected chi connectivity index (χ0v) is 18.9. The Morgan fingerprint density at radius 3 is 2.25 bits per heavy atom. The van der Waals surface area contributed by atoms with Crippen molar-refractivity contribution in [3.63, 3.8) is 0 Å². The van der Waals surface area contributed by atoms with E-state index < -0.39 is 10.0 Å². The van der Waals surface area contributed by atoms with Crippen LogP contribution in [0.4, 0.5) is 5.69 Å². The number of nitrogens with one attached hydrogen (secondary N) is 2. The second kappa shape index (κ2) is 9.30. The van der Waals surface area contributed by atoms with Crippen molar-refractivity contribution in [2.75, 3.05) is 37.4 Å². The quantitative estimate of drug-likeness (QED) is 0.662. The van der Waals surface area contributed by atoms with Gasteiger partial charge in [0.05, 0.1) is 17.1 Å². The summed E-state index contributed by atoms with van der Waals surface area (Å²) in [5.74, 6) is -0.0914. The minimum absolute atomic E-state index is 0.0448. The molecule has 0 radical (unpaired) electrons. The van der Waals surface area contributed by atoms with E-state index in [4.69, 9.17) is 0 Å². The van der Waals surface area contributed by atoms with Crippen LogP contribution in [0.5, 0.6) is 0 Å². The van der Waals surface area contributed by atoms with E-state index in [1.807, 2.05) is 19.1 Å². The molecule has 0 unspecified atom stereocenters. The van der Waals surface area contributed by atoms with E-state index in [0.29, 0.717) is 50.0 Å². The summed E-state index contributed by atoms with van der Waals surface area (Å²) in [5, 5.41) is 2.98. The Morgan fingerprint density at radius 1 is 0.969 bits per heavy atom. The summed E-state index contributed by atoms with van der Waals surface area (Å²) < 4.78 is 28.0. The lowest BCUT2D eigenvalue weighted by Crippen LogP contribution is -2.51. The minimum Gasteiger partial charge on any atom is -0.352 e. The molecule has 4 rings (SSSR count). The molecule has 1 saturated carbocycles. The van der Waals surface area contributed by atoms with E-state index in [2.05, 4.69) is 14.9 Å². The first kappa shape index (κ1) is 22.3. The van der Waals surface area contributed by atoms with E-state index in [1.165, 1.54) is 12.1 Å². The summed E-state index contributed by atoms with van der Waals surface area (Å²) in [6.45, 7) is 4.53. The van der Waals surface area contributed by atoms with Crippen LogP contribution in [0.25, 0.3) is 0 Å². The van der Waals surface area contributed by atoms with Gasteiger partial charge in [-0.15, -0.1) is 0 Å². The van der Waals surface area contributed by atoms with E-state index in [0.717, 1.165) is 18.4 Å². The van der Waals surface area contributed by atoms with Crippen LogP contribution in [0.3, 0.4) is 0 Å². The molecular weight excluding hydrogens is 428 g/mol. The molecule has 2 fully saturated rings. The number of piperazine rings is 1. The average molecular weight is 457 g/mol. The number of benzene rings is 2. The number of carbonyl (C=O) groups excluding carboxylic acids is 2. The molecule has 2 aromatic rings. The van der Waals surface area contributed by atoms with Gasteiger partial charge in [-0.3, -0.25) is 19.2 Å². The van der Waals surface area contributed by atoms with Crippen LogP contribution in [0.1, 0.15) is 28.8 Å². The molecule has 1 aliphatic carbocycles. The van der Waals surface area contributed by atoms with Crippen molar-refractivity contribution < 1.29 is 18.0 Å². The zero-order chi connectivity index (χ0) is 22.7. The van der Waals surface area contributed by atoms with E-state index in [1.54, 1.807) is 29.2 Å². The van der Waals surface area contributed by atoms with Gasteiger partial charge in [0.2, 0.25) is 5.91 Å². The fourth-order valence-electron chi connectivity index (χ4n) is 3.66. The van der Waals surface area contributed by atoms with Crippen molar-refractivity contribution in [3.05, 3.63) is 59.7 Å². The summed E-state index contributed by atoms with van der Waals surface area (Å²) in [4.78, 5) is 28.7. The number of carbonyl (C=O) groups is 2. The number of hydrogen-bond acceptors (Lipinski definition) is 5. The van der Waals surface area contributed by atoms with Crippen LogP contribution in [0.15, 0.2) is 53.4 Å². The fourth-order valence-corrected chi connectivity index (χ4v) is 4.79. The monoisotopic (exact) mass is 456 g/mol. The summed E-state index contributed by atoms with van der Waals surface area (Å²) in [7, 11) is -3.75. The highest BCUT2D eigenvalue weighted by Crippen LogP contribution is 2.21. The standard InChI is InChI=1S/C23H28N4O4S/c1-17-4-2-3-5-21(17)25-32(30,31)20-10-6-18(7-11-20)23(29)27-14-12-26(13-15-27)16-22(28)24-19-8-9-19/h2-7,10-11,19,25H,8-9,12-16H2,1H3,(H,24,28). The Morgan fingerprint density at radius 2 is 1.62 bits per heavy atom. The summed E-state index contributed by atoms with van der Waals surface area (Å²) in [5.41, 5.74) is 1.79. The summed E-state index contributed by atoms with van der Waals surface area (Å²) in [6, 6.07) is 13.5. The molecule has 8 nitrogen and oxygen atoms in total. The van der Waals surface area contributed by atoms with Crippen LogP contribution in [-0.2, 0) is 14.8 Å². The first-order valence-electron chi connectivity index (χ1n) is 10.8. The van der Waals surface area contributed by atoms with Gasteiger partial charge < -0.3 is 10.2 Å². The molecule has 0 bridgehead atoms. The van der Waals surface area contributed by atoms with Gasteiger partial charge >= 0.3 is 0 Å². The van der Waals surface area contributed by atoms with Crippen molar-refractivity contribution in [1.29, 1.82) is 0 Å². The number of nitrogens with zero attached hydrogens (tertiary/aromatic N) is 2. The minimum atomic E-state index is -3.75. The average Bonchev–Trinajstić information content (AvgIpc) is 3.59. The number of aryl methyl sites for hydroxylation is 1. The highest BCUT2D eigenvalue weighted by atomic mass is 32.2. The summed E-state index contributed by atoms with van der Waals surface area (Å²) >= 11 is 0. The van der Waals surface area contributed by atoms with Crippen molar-refractivity contribution in [2.45, 2.75) is 30.7 Å². The molecule has 2 aromatic carbocycles. The third-order valence-electron chi connectivity index (χ3n) is 5.77. The second-order valence-electron chi connectivity index (χ2n) is 8.35. The molecule has 1 heterocycles. The highest BCUT2D eigenvalue weighted by Gasteiger charge is 2.27. The van der Waals surface area contributed by atoms with Gasteiger partial charge in [0.15, 0.2) is 0 Å². The van der Waals surface area contributed by atoms with Crippen LogP contribution in [-0.4, -0.2) is 68.8 Å². The lowest BCUT2D eigenvalue weighted by atomic mass is 10.2. The number of sulfonamides is 1. The molecule has 1 saturated heterocycles. The second-order valence-corrected chi connectivity index (χ2v) is 10.0. The normalized spacial score (nSPS) is 17.1. The van der Waals surface area contributed by atoms with Gasteiger partial charge in [-0.05, 0) is 55.7 Å². The number of para-hydroxylation sites is 1. The molecule has 2 amide bonds. The van der Waals surface area contributed by atoms with Gasteiger partial charge in [0.1, 0.15) is 0 Å². The fraction of sp³-hybridized carbons (Fsp3) is 0.391. The lowest BCUT2D eigenvalue weighted by Gasteiger charge is -2.34. The van der Waals surface area contributed by atoms with Crippen LogP contribution >= 0.6 is 0 Å². The van der Waals surface area contributed by atoms with E-state index >= 15 is 0 Å². The number of amides is 2. The maximum Gasteiger partial charge on any atom is 0.261 e. The third kappa shape index (κ3) is 5.46. The van der Waals surface area contributed by atoms with Gasteiger partial charge in [0, 0.05) is 37.8 Å². The number of anilines is 1. The predicted molar refractivity (Wildman–Crippen MR) is 122 cm³/mol. The Labute approximate surface area is 188 Å². The summed E-state index contributed by atoms with van der Waals surface area (Å²) in [6.07, 6.45) is 2.13. The largest absolute Gasteiger partial charge is 0.352 e. The van der Waals surface area contributed by atoms with Gasteiger partial charge in [-0.2, -0.15) is 0 Å². The van der Waals surface area contributed by atoms with Gasteiger partial charge in [0.25, 0.3) is 15.9 Å². The number of hydrogen-bond donors (Lipinski definition) is 2. The lowest BCUT2D eigenvalue weighted by molar-refractivity contribution is -0.122. The van der Waals surface area contributed by atoms with Crippen LogP contribution < -0.4 is 10.0 Å². The highest BCUT2D eigenvalue weighted by molar-refractivity contribution is 7.92. The Bertz CT molecular complexity index is 1090. The molecular formula is C23H28N4O4S. The molecule has 170 valence electrons. The molecule has 0 spiro atoms. The van der Waals surface area contributed by atoms with Crippen LogP contribution in [0, 0.1) is 6.92 Å². The van der Waals surface area contributed by atoms with Crippen molar-refractivity contribution >= 4 is 27.5 Å². The predicted octanol–water partition coefficient (Wildman–Crippen LogP) is 1.83. The molecule has 0 aromatic heterocycles. The Kier molecular flexibility index (Phi) is 6.48. The van der Waals surface area contributed by atoms with Gasteiger partial charge in [-0.25, -0.2) is 8.42 Å². The molecule has 0 atom stereocenters. The number of rotatable bonds is 7. The zero-order valence-electron chi connectivity index (χ0n) is 18.1. The van der Waals surface area contributed by atoms with Crippen molar-refractivity contribution in [3.8, 4) is 0 Å². The third-order valence-corrected chi connectivity index (χ3v) is 7.15. The maximum absolute atomic E-state index is 12.8. The first-order chi connectivity index (χ1) is 15.3.